The number of aromatic carboxylic acids is 1. The maximum atomic E-state index is 14.1. The molecule has 1 N–H and O–H groups in total. The van der Waals surface area contributed by atoms with Crippen molar-refractivity contribution in [2.45, 2.75) is 19.6 Å². The number of rotatable bonds is 7. The third-order valence-electron chi connectivity index (χ3n) is 6.91. The number of imidazole rings is 1. The summed E-state index contributed by atoms with van der Waals surface area (Å²) >= 11 is 0. The number of carboxylic acid groups (broad SMARTS) is 1. The normalized spacial score (nSPS) is 14.6. The lowest BCUT2D eigenvalue weighted by Crippen LogP contribution is -2.22. The molecule has 40 heavy (non-hydrogen) atoms. The fourth-order valence-electron chi connectivity index (χ4n) is 4.51. The van der Waals surface area contributed by atoms with Gasteiger partial charge >= 0.3 is 5.97 Å². The second kappa shape index (κ2) is 12.1. The summed E-state index contributed by atoms with van der Waals surface area (Å²) in [5.41, 5.74) is 5.25. The van der Waals surface area contributed by atoms with Crippen LogP contribution in [0.2, 0.25) is 0 Å². The second-order valence-electron chi connectivity index (χ2n) is 9.71. The van der Waals surface area contributed by atoms with Gasteiger partial charge in [0.05, 0.1) is 34.8 Å². The van der Waals surface area contributed by atoms with E-state index in [4.69, 9.17) is 19.7 Å². The summed E-state index contributed by atoms with van der Waals surface area (Å²) in [4.78, 5) is 18.3. The second-order valence-corrected chi connectivity index (χ2v) is 9.71. The van der Waals surface area contributed by atoms with E-state index in [1.165, 1.54) is 30.2 Å². The number of hydrogen-bond acceptors (Lipinski definition) is 6. The summed E-state index contributed by atoms with van der Waals surface area (Å²) in [6, 6.07) is 19.0. The minimum absolute atomic E-state index is 0.114. The van der Waals surface area contributed by atoms with Gasteiger partial charge in [-0.15, -0.1) is 0 Å². The molecule has 1 fully saturated rings. The van der Waals surface area contributed by atoms with E-state index in [1.54, 1.807) is 18.2 Å². The Labute approximate surface area is 231 Å². The van der Waals surface area contributed by atoms with Crippen LogP contribution in [0.5, 0.6) is 5.75 Å². The molecule has 3 aromatic carbocycles. The first-order valence-electron chi connectivity index (χ1n) is 13.0. The minimum atomic E-state index is -0.956. The van der Waals surface area contributed by atoms with E-state index in [0.29, 0.717) is 6.54 Å². The zero-order chi connectivity index (χ0) is 28.1. The SMILES string of the molecule is C1COC1.Cn1c(CN2CC=C(c3cccc(COc4ccc(C#N)cc4F)c3)C2)nc2ccc(C(=O)O)cc21. The Bertz CT molecular complexity index is 1610. The molecule has 0 spiro atoms. The standard InChI is InChI=1S/C28H23FN4O3.C3H6O/c1-32-25-13-21(28(34)35)6-7-24(25)31-27(32)16-33-10-9-22(15-33)20-4-2-3-19(11-20)17-36-26-8-5-18(14-30)12-23(26)29;1-2-4-3-1/h2-9,11-13H,10,15-17H2,1H3,(H,34,35);1-3H2. The molecule has 6 rings (SSSR count). The molecule has 0 radical (unpaired) electrons. The van der Waals surface area contributed by atoms with Crippen LogP contribution in [-0.4, -0.2) is 51.8 Å². The van der Waals surface area contributed by atoms with Crippen molar-refractivity contribution in [3.05, 3.63) is 101 Å². The van der Waals surface area contributed by atoms with E-state index in [9.17, 15) is 14.3 Å². The van der Waals surface area contributed by atoms with E-state index < -0.39 is 11.8 Å². The average Bonchev–Trinajstić information content (AvgIpc) is 3.51. The van der Waals surface area contributed by atoms with Crippen LogP contribution in [0.4, 0.5) is 4.39 Å². The Morgan fingerprint density at radius 2 is 1.98 bits per heavy atom. The molecule has 0 atom stereocenters. The molecule has 1 saturated heterocycles. The van der Waals surface area contributed by atoms with Gasteiger partial charge in [0.2, 0.25) is 0 Å². The minimum Gasteiger partial charge on any atom is -0.486 e. The molecule has 1 aromatic heterocycles. The van der Waals surface area contributed by atoms with Gasteiger partial charge in [0, 0.05) is 33.4 Å². The van der Waals surface area contributed by atoms with Gasteiger partial charge < -0.3 is 19.1 Å². The van der Waals surface area contributed by atoms with E-state index in [0.717, 1.165) is 54.3 Å². The zero-order valence-corrected chi connectivity index (χ0v) is 22.1. The molecule has 0 bridgehead atoms. The lowest BCUT2D eigenvalue weighted by Gasteiger charge is -2.16. The third-order valence-corrected chi connectivity index (χ3v) is 6.91. The van der Waals surface area contributed by atoms with E-state index in [2.05, 4.69) is 11.0 Å². The van der Waals surface area contributed by atoms with Crippen LogP contribution in [0.15, 0.2) is 66.7 Å². The Balaban J connectivity index is 0.000000741. The summed E-state index contributed by atoms with van der Waals surface area (Å²) in [7, 11) is 1.90. The van der Waals surface area contributed by atoms with Crippen molar-refractivity contribution in [2.75, 3.05) is 26.3 Å². The molecule has 2 aliphatic heterocycles. The van der Waals surface area contributed by atoms with E-state index in [-0.39, 0.29) is 23.5 Å². The van der Waals surface area contributed by atoms with E-state index in [1.807, 2.05) is 41.9 Å². The van der Waals surface area contributed by atoms with E-state index >= 15 is 0 Å². The number of carbonyl (C=O) groups is 1. The monoisotopic (exact) mass is 540 g/mol. The molecule has 0 aliphatic carbocycles. The number of nitriles is 1. The largest absolute Gasteiger partial charge is 0.486 e. The molecular formula is C31H29FN4O4. The molecule has 204 valence electrons. The van der Waals surface area contributed by atoms with Crippen molar-refractivity contribution < 1.29 is 23.8 Å². The zero-order valence-electron chi connectivity index (χ0n) is 22.1. The smallest absolute Gasteiger partial charge is 0.335 e. The maximum Gasteiger partial charge on any atom is 0.335 e. The molecule has 0 unspecified atom stereocenters. The number of benzene rings is 3. The highest BCUT2D eigenvalue weighted by atomic mass is 19.1. The number of halogens is 1. The van der Waals surface area contributed by atoms with Crippen LogP contribution in [0.1, 0.15) is 39.3 Å². The molecule has 4 aromatic rings. The van der Waals surface area contributed by atoms with Gasteiger partial charge in [-0.2, -0.15) is 5.26 Å². The lowest BCUT2D eigenvalue weighted by molar-refractivity contribution is 0.0367. The van der Waals surface area contributed by atoms with Crippen molar-refractivity contribution in [1.82, 2.24) is 14.5 Å². The van der Waals surface area contributed by atoms with Gasteiger partial charge in [-0.3, -0.25) is 4.90 Å². The van der Waals surface area contributed by atoms with Gasteiger partial charge in [0.25, 0.3) is 0 Å². The number of ether oxygens (including phenoxy) is 2. The molecule has 8 nitrogen and oxygen atoms in total. The highest BCUT2D eigenvalue weighted by Crippen LogP contribution is 2.26. The first-order valence-corrected chi connectivity index (χ1v) is 13.0. The van der Waals surface area contributed by atoms with Gasteiger partial charge in [-0.1, -0.05) is 24.3 Å². The number of nitrogens with zero attached hydrogens (tertiary/aromatic N) is 4. The van der Waals surface area contributed by atoms with Crippen molar-refractivity contribution in [3.8, 4) is 11.8 Å². The quantitative estimate of drug-likeness (QED) is 0.345. The van der Waals surface area contributed by atoms with Gasteiger partial charge in [-0.05, 0) is 65.6 Å². The van der Waals surface area contributed by atoms with Gasteiger partial charge in [-0.25, -0.2) is 14.2 Å². The maximum absolute atomic E-state index is 14.1. The first-order chi connectivity index (χ1) is 19.4. The molecule has 0 saturated carbocycles. The Morgan fingerprint density at radius 1 is 1.18 bits per heavy atom. The molecular weight excluding hydrogens is 511 g/mol. The van der Waals surface area contributed by atoms with Gasteiger partial charge in [0.15, 0.2) is 11.6 Å². The summed E-state index contributed by atoms with van der Waals surface area (Å²) in [5.74, 6) is -0.527. The van der Waals surface area contributed by atoms with Crippen LogP contribution in [-0.2, 0) is 24.9 Å². The lowest BCUT2D eigenvalue weighted by atomic mass is 10.0. The van der Waals surface area contributed by atoms with Gasteiger partial charge in [0.1, 0.15) is 12.4 Å². The number of fused-ring (bicyclic) bond motifs is 1. The Morgan fingerprint density at radius 3 is 2.67 bits per heavy atom. The fraction of sp³-hybridized carbons (Fsp3) is 0.258. The van der Waals surface area contributed by atoms with Crippen molar-refractivity contribution in [3.63, 3.8) is 0 Å². The van der Waals surface area contributed by atoms with Crippen molar-refractivity contribution in [2.24, 2.45) is 7.05 Å². The van der Waals surface area contributed by atoms with Crippen LogP contribution in [0, 0.1) is 17.1 Å². The topological polar surface area (TPSA) is 101 Å². The molecule has 0 amide bonds. The molecule has 3 heterocycles. The molecule has 2 aliphatic rings. The Hall–Kier alpha value is -4.52. The predicted molar refractivity (Wildman–Crippen MR) is 148 cm³/mol. The summed E-state index contributed by atoms with van der Waals surface area (Å²) in [6.07, 6.45) is 3.46. The first kappa shape index (κ1) is 27.1. The van der Waals surface area contributed by atoms with Crippen LogP contribution < -0.4 is 4.74 Å². The highest BCUT2D eigenvalue weighted by Gasteiger charge is 2.19. The summed E-state index contributed by atoms with van der Waals surface area (Å²) < 4.78 is 26.4. The number of hydrogen-bond donors (Lipinski definition) is 1. The van der Waals surface area contributed by atoms with Crippen molar-refractivity contribution >= 4 is 22.6 Å². The van der Waals surface area contributed by atoms with Crippen LogP contribution in [0.3, 0.4) is 0 Å². The Kier molecular flexibility index (Phi) is 8.20. The fourth-order valence-corrected chi connectivity index (χ4v) is 4.51. The van der Waals surface area contributed by atoms with Crippen LogP contribution >= 0.6 is 0 Å². The highest BCUT2D eigenvalue weighted by molar-refractivity contribution is 5.92. The predicted octanol–water partition coefficient (Wildman–Crippen LogP) is 5.17. The molecule has 9 heteroatoms. The van der Waals surface area contributed by atoms with Crippen molar-refractivity contribution in [1.29, 1.82) is 5.26 Å². The third kappa shape index (κ3) is 6.20. The summed E-state index contributed by atoms with van der Waals surface area (Å²) in [5, 5.41) is 18.2. The van der Waals surface area contributed by atoms with Crippen LogP contribution in [0.25, 0.3) is 16.6 Å². The average molecular weight is 541 g/mol. The summed E-state index contributed by atoms with van der Waals surface area (Å²) in [6.45, 7) is 4.37. The number of carboxylic acids is 1. The number of aromatic nitrogens is 2. The number of aryl methyl sites for hydroxylation is 1.